The highest BCUT2D eigenvalue weighted by molar-refractivity contribution is 6.04. The topological polar surface area (TPSA) is 108 Å². The molecule has 24 heavy (non-hydrogen) atoms. The second kappa shape index (κ2) is 8.76. The summed E-state index contributed by atoms with van der Waals surface area (Å²) >= 11 is 0. The molecule has 0 saturated heterocycles. The van der Waals surface area contributed by atoms with Crippen LogP contribution >= 0.6 is 0 Å². The zero-order chi connectivity index (χ0) is 18.3. The lowest BCUT2D eigenvalue weighted by Crippen LogP contribution is -2.28. The third-order valence-corrected chi connectivity index (χ3v) is 3.14. The molecule has 8 heteroatoms. The molecule has 0 spiro atoms. The molecule has 0 unspecified atom stereocenters. The van der Waals surface area contributed by atoms with Crippen LogP contribution in [0.4, 0.5) is 0 Å². The molecular weight excluding hydrogens is 320 g/mol. The Morgan fingerprint density at radius 3 is 1.79 bits per heavy atom. The van der Waals surface area contributed by atoms with Gasteiger partial charge in [0.2, 0.25) is 0 Å². The molecule has 0 saturated carbocycles. The maximum atomic E-state index is 12.2. The van der Waals surface area contributed by atoms with Crippen LogP contribution in [0, 0.1) is 0 Å². The predicted molar refractivity (Wildman–Crippen MR) is 82.5 cm³/mol. The molecule has 132 valence electrons. The van der Waals surface area contributed by atoms with Crippen LogP contribution in [0.3, 0.4) is 0 Å². The van der Waals surface area contributed by atoms with Crippen LogP contribution in [0.15, 0.2) is 12.1 Å². The van der Waals surface area contributed by atoms with Crippen molar-refractivity contribution in [2.75, 3.05) is 27.4 Å². The summed E-state index contributed by atoms with van der Waals surface area (Å²) in [5.74, 6) is -4.32. The van der Waals surface area contributed by atoms with E-state index in [1.165, 1.54) is 26.4 Å². The van der Waals surface area contributed by atoms with Crippen LogP contribution in [0.2, 0.25) is 0 Å². The third-order valence-electron chi connectivity index (χ3n) is 3.14. The second-order valence-electron chi connectivity index (χ2n) is 4.54. The van der Waals surface area contributed by atoms with E-state index < -0.39 is 23.8 Å². The van der Waals surface area contributed by atoms with Crippen LogP contribution in [0.5, 0.6) is 11.5 Å². The van der Waals surface area contributed by atoms with Gasteiger partial charge in [0.05, 0.1) is 33.0 Å². The van der Waals surface area contributed by atoms with Gasteiger partial charge < -0.3 is 24.1 Å². The number of carbonyl (C=O) groups excluding carboxylic acids is 2. The third kappa shape index (κ3) is 4.15. The average Bonchev–Trinajstić information content (AvgIpc) is 2.54. The van der Waals surface area contributed by atoms with Crippen molar-refractivity contribution in [3.8, 4) is 11.5 Å². The summed E-state index contributed by atoms with van der Waals surface area (Å²) in [4.78, 5) is 36.0. The van der Waals surface area contributed by atoms with Gasteiger partial charge >= 0.3 is 17.9 Å². The molecule has 0 aliphatic heterocycles. The summed E-state index contributed by atoms with van der Waals surface area (Å²) < 4.78 is 19.9. The van der Waals surface area contributed by atoms with Crippen molar-refractivity contribution in [2.24, 2.45) is 0 Å². The molecule has 0 aromatic heterocycles. The van der Waals surface area contributed by atoms with E-state index in [4.69, 9.17) is 18.9 Å². The van der Waals surface area contributed by atoms with Crippen molar-refractivity contribution in [2.45, 2.75) is 19.8 Å². The Kier molecular flexibility index (Phi) is 7.03. The summed E-state index contributed by atoms with van der Waals surface area (Å²) in [5.41, 5.74) is -0.365. The van der Waals surface area contributed by atoms with Crippen molar-refractivity contribution >= 4 is 17.9 Å². The summed E-state index contributed by atoms with van der Waals surface area (Å²) in [6, 6.07) is 2.45. The van der Waals surface area contributed by atoms with Crippen LogP contribution < -0.4 is 9.47 Å². The molecule has 8 nitrogen and oxygen atoms in total. The number of ether oxygens (including phenoxy) is 4. The van der Waals surface area contributed by atoms with E-state index in [1.807, 2.05) is 0 Å². The Labute approximate surface area is 139 Å². The highest BCUT2D eigenvalue weighted by Gasteiger charge is 2.36. The number of aromatic carboxylic acids is 1. The molecule has 0 amide bonds. The Bertz CT molecular complexity index is 605. The van der Waals surface area contributed by atoms with Crippen LogP contribution in [-0.2, 0) is 19.1 Å². The van der Waals surface area contributed by atoms with Gasteiger partial charge in [-0.15, -0.1) is 0 Å². The second-order valence-corrected chi connectivity index (χ2v) is 4.54. The largest absolute Gasteiger partial charge is 0.493 e. The SMILES string of the molecule is CCOC(=O)C(C(=O)OCC)c1cc(OC)c(OC)cc1C(=O)O. The maximum Gasteiger partial charge on any atom is 0.336 e. The molecule has 0 atom stereocenters. The molecule has 1 aromatic carbocycles. The van der Waals surface area contributed by atoms with Gasteiger partial charge in [0, 0.05) is 0 Å². The Hall–Kier alpha value is -2.77. The number of carboxylic acid groups (broad SMARTS) is 1. The number of rotatable bonds is 8. The van der Waals surface area contributed by atoms with Gasteiger partial charge in [0.1, 0.15) is 0 Å². The first kappa shape index (κ1) is 19.3. The zero-order valence-corrected chi connectivity index (χ0v) is 14.0. The monoisotopic (exact) mass is 340 g/mol. The lowest BCUT2D eigenvalue weighted by atomic mass is 9.93. The number of methoxy groups -OCH3 is 2. The first-order valence-electron chi connectivity index (χ1n) is 7.23. The van der Waals surface area contributed by atoms with Crippen LogP contribution in [-0.4, -0.2) is 50.4 Å². The molecule has 0 fully saturated rings. The van der Waals surface area contributed by atoms with Crippen molar-refractivity contribution in [3.05, 3.63) is 23.3 Å². The summed E-state index contributed by atoms with van der Waals surface area (Å²) in [6.45, 7) is 3.22. The number of carboxylic acids is 1. The molecule has 1 aromatic rings. The smallest absolute Gasteiger partial charge is 0.336 e. The number of carbonyl (C=O) groups is 3. The van der Waals surface area contributed by atoms with Crippen LogP contribution in [0.25, 0.3) is 0 Å². The predicted octanol–water partition coefficient (Wildman–Crippen LogP) is 1.61. The summed E-state index contributed by atoms with van der Waals surface area (Å²) in [5, 5.41) is 9.42. The van der Waals surface area contributed by atoms with E-state index in [9.17, 15) is 19.5 Å². The number of hydrogen-bond acceptors (Lipinski definition) is 7. The summed E-state index contributed by atoms with van der Waals surface area (Å²) in [7, 11) is 2.70. The lowest BCUT2D eigenvalue weighted by Gasteiger charge is -2.18. The first-order valence-corrected chi connectivity index (χ1v) is 7.23. The standard InChI is InChI=1S/C16H20O8/c1-5-23-15(19)13(16(20)24-6-2)9-7-11(21-3)12(22-4)8-10(9)14(17)18/h7-8,13H,5-6H2,1-4H3,(H,17,18). The van der Waals surface area contributed by atoms with E-state index in [-0.39, 0.29) is 35.8 Å². The van der Waals surface area contributed by atoms with E-state index in [2.05, 4.69) is 0 Å². The van der Waals surface area contributed by atoms with Gasteiger partial charge in [0.25, 0.3) is 0 Å². The van der Waals surface area contributed by atoms with E-state index in [1.54, 1.807) is 13.8 Å². The van der Waals surface area contributed by atoms with Gasteiger partial charge in [-0.05, 0) is 31.5 Å². The van der Waals surface area contributed by atoms with Crippen LogP contribution in [0.1, 0.15) is 35.7 Å². The normalized spacial score (nSPS) is 10.2. The van der Waals surface area contributed by atoms with Crippen molar-refractivity contribution < 1.29 is 38.4 Å². The molecule has 1 N–H and O–H groups in total. The highest BCUT2D eigenvalue weighted by atomic mass is 16.6. The fourth-order valence-electron chi connectivity index (χ4n) is 2.12. The van der Waals surface area contributed by atoms with Gasteiger partial charge in [-0.2, -0.15) is 0 Å². The van der Waals surface area contributed by atoms with Gasteiger partial charge in [-0.1, -0.05) is 0 Å². The molecule has 0 radical (unpaired) electrons. The Balaban J connectivity index is 3.57. The van der Waals surface area contributed by atoms with Crippen molar-refractivity contribution in [1.29, 1.82) is 0 Å². The van der Waals surface area contributed by atoms with Crippen molar-refractivity contribution in [3.63, 3.8) is 0 Å². The molecule has 0 bridgehead atoms. The fraction of sp³-hybridized carbons (Fsp3) is 0.438. The minimum Gasteiger partial charge on any atom is -0.493 e. The number of hydrogen-bond donors (Lipinski definition) is 1. The zero-order valence-electron chi connectivity index (χ0n) is 14.0. The highest BCUT2D eigenvalue weighted by Crippen LogP contribution is 2.35. The molecule has 0 aliphatic rings. The minimum absolute atomic E-state index is 0.0322. The molecule has 1 rings (SSSR count). The molecule has 0 heterocycles. The molecule has 0 aliphatic carbocycles. The summed E-state index contributed by atoms with van der Waals surface area (Å²) in [6.07, 6.45) is 0. The van der Waals surface area contributed by atoms with Gasteiger partial charge in [-0.3, -0.25) is 9.59 Å². The minimum atomic E-state index is -1.53. The van der Waals surface area contributed by atoms with E-state index in [0.717, 1.165) is 0 Å². The lowest BCUT2D eigenvalue weighted by molar-refractivity contribution is -0.156. The average molecular weight is 340 g/mol. The van der Waals surface area contributed by atoms with Gasteiger partial charge in [-0.25, -0.2) is 4.79 Å². The Morgan fingerprint density at radius 2 is 1.42 bits per heavy atom. The number of esters is 2. The van der Waals surface area contributed by atoms with E-state index >= 15 is 0 Å². The van der Waals surface area contributed by atoms with E-state index in [0.29, 0.717) is 0 Å². The maximum absolute atomic E-state index is 12.2. The Morgan fingerprint density at radius 1 is 0.958 bits per heavy atom. The first-order chi connectivity index (χ1) is 11.4. The number of benzene rings is 1. The quantitative estimate of drug-likeness (QED) is 0.562. The van der Waals surface area contributed by atoms with Gasteiger partial charge in [0.15, 0.2) is 17.4 Å². The fourth-order valence-corrected chi connectivity index (χ4v) is 2.12. The molecular formula is C16H20O8. The van der Waals surface area contributed by atoms with Crippen molar-refractivity contribution in [1.82, 2.24) is 0 Å².